The van der Waals surface area contributed by atoms with E-state index in [1.807, 2.05) is 26.0 Å². The standard InChI is InChI=1S/C19H20N2O4/c1-10-5-16-14(9-24-17(16)6-11(10)2)8-18(22)20-21-19(23)15-7-12(3)25-13(15)4/h5-7,9H,8H2,1-4H3,(H,20,22)(H,21,23). The third-order valence-electron chi connectivity index (χ3n) is 4.22. The lowest BCUT2D eigenvalue weighted by molar-refractivity contribution is -0.121. The number of carbonyl (C=O) groups excluding carboxylic acids is 2. The highest BCUT2D eigenvalue weighted by molar-refractivity contribution is 5.97. The number of nitrogens with one attached hydrogen (secondary N) is 2. The second-order valence-corrected chi connectivity index (χ2v) is 6.20. The highest BCUT2D eigenvalue weighted by Gasteiger charge is 2.15. The monoisotopic (exact) mass is 340 g/mol. The zero-order valence-corrected chi connectivity index (χ0v) is 14.6. The van der Waals surface area contributed by atoms with Crippen molar-refractivity contribution >= 4 is 22.8 Å². The molecule has 0 aliphatic rings. The van der Waals surface area contributed by atoms with Crippen LogP contribution in [0.2, 0.25) is 0 Å². The highest BCUT2D eigenvalue weighted by Crippen LogP contribution is 2.25. The maximum Gasteiger partial charge on any atom is 0.273 e. The Morgan fingerprint density at radius 1 is 1.00 bits per heavy atom. The predicted octanol–water partition coefficient (Wildman–Crippen LogP) is 3.26. The van der Waals surface area contributed by atoms with E-state index in [4.69, 9.17) is 8.83 Å². The first kappa shape index (κ1) is 16.8. The molecule has 0 saturated heterocycles. The Hall–Kier alpha value is -3.02. The van der Waals surface area contributed by atoms with Gasteiger partial charge in [0.1, 0.15) is 17.1 Å². The summed E-state index contributed by atoms with van der Waals surface area (Å²) in [6, 6.07) is 5.59. The van der Waals surface area contributed by atoms with Gasteiger partial charge in [-0.2, -0.15) is 0 Å². The number of rotatable bonds is 3. The van der Waals surface area contributed by atoms with Crippen molar-refractivity contribution in [1.29, 1.82) is 0 Å². The van der Waals surface area contributed by atoms with Crippen molar-refractivity contribution in [2.24, 2.45) is 0 Å². The van der Waals surface area contributed by atoms with Crippen molar-refractivity contribution in [3.8, 4) is 0 Å². The summed E-state index contributed by atoms with van der Waals surface area (Å²) in [6.07, 6.45) is 1.69. The van der Waals surface area contributed by atoms with Crippen LogP contribution in [0.4, 0.5) is 0 Å². The number of amides is 2. The minimum atomic E-state index is -0.411. The Morgan fingerprint density at radius 3 is 2.40 bits per heavy atom. The number of benzene rings is 1. The minimum Gasteiger partial charge on any atom is -0.466 e. The first-order valence-corrected chi connectivity index (χ1v) is 7.98. The molecular formula is C19H20N2O4. The van der Waals surface area contributed by atoms with Crippen molar-refractivity contribution < 1.29 is 18.4 Å². The van der Waals surface area contributed by atoms with E-state index in [1.54, 1.807) is 26.2 Å². The molecule has 0 atom stereocenters. The van der Waals surface area contributed by atoms with Crippen LogP contribution in [0.3, 0.4) is 0 Å². The molecule has 0 aliphatic carbocycles. The molecule has 0 fully saturated rings. The van der Waals surface area contributed by atoms with E-state index >= 15 is 0 Å². The van der Waals surface area contributed by atoms with Crippen molar-refractivity contribution in [2.45, 2.75) is 34.1 Å². The molecule has 0 radical (unpaired) electrons. The van der Waals surface area contributed by atoms with E-state index in [0.717, 1.165) is 27.7 Å². The predicted molar refractivity (Wildman–Crippen MR) is 93.2 cm³/mol. The fourth-order valence-corrected chi connectivity index (χ4v) is 2.74. The first-order valence-electron chi connectivity index (χ1n) is 7.98. The fourth-order valence-electron chi connectivity index (χ4n) is 2.74. The lowest BCUT2D eigenvalue weighted by Gasteiger charge is -2.06. The van der Waals surface area contributed by atoms with E-state index in [0.29, 0.717) is 17.1 Å². The van der Waals surface area contributed by atoms with Gasteiger partial charge < -0.3 is 8.83 Å². The smallest absolute Gasteiger partial charge is 0.273 e. The highest BCUT2D eigenvalue weighted by atomic mass is 16.3. The molecule has 6 nitrogen and oxygen atoms in total. The zero-order valence-electron chi connectivity index (χ0n) is 14.6. The Kier molecular flexibility index (Phi) is 4.35. The molecule has 130 valence electrons. The number of aryl methyl sites for hydroxylation is 4. The maximum atomic E-state index is 12.1. The van der Waals surface area contributed by atoms with E-state index < -0.39 is 5.91 Å². The molecule has 3 aromatic rings. The van der Waals surface area contributed by atoms with Gasteiger partial charge in [0.15, 0.2) is 0 Å². The third-order valence-corrected chi connectivity index (χ3v) is 4.22. The molecule has 0 saturated carbocycles. The molecule has 25 heavy (non-hydrogen) atoms. The molecule has 0 aliphatic heterocycles. The van der Waals surface area contributed by atoms with Gasteiger partial charge in [0.2, 0.25) is 5.91 Å². The van der Waals surface area contributed by atoms with Crippen LogP contribution in [0.15, 0.2) is 33.3 Å². The van der Waals surface area contributed by atoms with E-state index in [1.165, 1.54) is 0 Å². The molecule has 2 aromatic heterocycles. The normalized spacial score (nSPS) is 10.9. The van der Waals surface area contributed by atoms with Gasteiger partial charge in [0.05, 0.1) is 18.2 Å². The molecule has 0 spiro atoms. The Bertz CT molecular complexity index is 965. The fraction of sp³-hybridized carbons (Fsp3) is 0.263. The molecule has 2 N–H and O–H groups in total. The van der Waals surface area contributed by atoms with Gasteiger partial charge in [-0.05, 0) is 57.0 Å². The zero-order chi connectivity index (χ0) is 18.1. The minimum absolute atomic E-state index is 0.110. The van der Waals surface area contributed by atoms with E-state index in [9.17, 15) is 9.59 Å². The SMILES string of the molecule is Cc1cc(C(=O)NNC(=O)Cc2coc3cc(C)c(C)cc23)c(C)o1. The van der Waals surface area contributed by atoms with E-state index in [-0.39, 0.29) is 12.3 Å². The summed E-state index contributed by atoms with van der Waals surface area (Å²) in [5.41, 5.74) is 9.03. The van der Waals surface area contributed by atoms with Crippen molar-refractivity contribution in [2.75, 3.05) is 0 Å². The molecule has 6 heteroatoms. The van der Waals surface area contributed by atoms with Crippen LogP contribution in [0.1, 0.15) is 38.6 Å². The number of hydrazine groups is 1. The lowest BCUT2D eigenvalue weighted by atomic mass is 10.0. The first-order chi connectivity index (χ1) is 11.8. The molecular weight excluding hydrogens is 320 g/mol. The summed E-state index contributed by atoms with van der Waals surface area (Å²) < 4.78 is 10.8. The topological polar surface area (TPSA) is 84.5 Å². The molecule has 1 aromatic carbocycles. The summed E-state index contributed by atoms with van der Waals surface area (Å²) >= 11 is 0. The second kappa shape index (κ2) is 6.47. The van der Waals surface area contributed by atoms with E-state index in [2.05, 4.69) is 10.9 Å². The average molecular weight is 340 g/mol. The molecule has 2 heterocycles. The summed E-state index contributed by atoms with van der Waals surface area (Å²) in [4.78, 5) is 24.2. The quantitative estimate of drug-likeness (QED) is 0.717. The van der Waals surface area contributed by atoms with Gasteiger partial charge in [0.25, 0.3) is 5.91 Å². The van der Waals surface area contributed by atoms with Crippen molar-refractivity contribution in [3.05, 3.63) is 58.2 Å². The Morgan fingerprint density at radius 2 is 1.72 bits per heavy atom. The molecule has 0 unspecified atom stereocenters. The molecule has 3 rings (SSSR count). The second-order valence-electron chi connectivity index (χ2n) is 6.20. The molecule has 0 bridgehead atoms. The lowest BCUT2D eigenvalue weighted by Crippen LogP contribution is -2.42. The summed E-state index contributed by atoms with van der Waals surface area (Å²) in [7, 11) is 0. The van der Waals surface area contributed by atoms with Gasteiger partial charge in [-0.25, -0.2) is 0 Å². The van der Waals surface area contributed by atoms with Crippen LogP contribution in [-0.4, -0.2) is 11.8 Å². The molecule has 2 amide bonds. The number of fused-ring (bicyclic) bond motifs is 1. The maximum absolute atomic E-state index is 12.1. The van der Waals surface area contributed by atoms with Gasteiger partial charge >= 0.3 is 0 Å². The number of carbonyl (C=O) groups is 2. The Labute approximate surface area is 145 Å². The van der Waals surface area contributed by atoms with Crippen LogP contribution >= 0.6 is 0 Å². The van der Waals surface area contributed by atoms with Crippen LogP contribution in [0.25, 0.3) is 11.0 Å². The van der Waals surface area contributed by atoms with Crippen LogP contribution in [0.5, 0.6) is 0 Å². The largest absolute Gasteiger partial charge is 0.466 e. The number of hydrogen-bond acceptors (Lipinski definition) is 4. The summed E-state index contributed by atoms with van der Waals surface area (Å²) in [6.45, 7) is 7.49. The van der Waals surface area contributed by atoms with Gasteiger partial charge in [0, 0.05) is 10.9 Å². The van der Waals surface area contributed by atoms with Crippen molar-refractivity contribution in [3.63, 3.8) is 0 Å². The van der Waals surface area contributed by atoms with Gasteiger partial charge in [-0.15, -0.1) is 0 Å². The van der Waals surface area contributed by atoms with Crippen LogP contribution in [-0.2, 0) is 11.2 Å². The summed E-state index contributed by atoms with van der Waals surface area (Å²) in [5, 5.41) is 0.908. The van der Waals surface area contributed by atoms with Gasteiger partial charge in [-0.3, -0.25) is 20.4 Å². The van der Waals surface area contributed by atoms with Crippen LogP contribution < -0.4 is 10.9 Å². The third kappa shape index (κ3) is 3.42. The Balaban J connectivity index is 1.66. The average Bonchev–Trinajstić information content (AvgIpc) is 3.09. The number of hydrogen-bond donors (Lipinski definition) is 2. The van der Waals surface area contributed by atoms with Crippen LogP contribution in [0, 0.1) is 27.7 Å². The van der Waals surface area contributed by atoms with Crippen molar-refractivity contribution in [1.82, 2.24) is 10.9 Å². The summed E-state index contributed by atoms with van der Waals surface area (Å²) in [5.74, 6) is 0.416. The number of furan rings is 2. The van der Waals surface area contributed by atoms with Gasteiger partial charge in [-0.1, -0.05) is 0 Å².